The number of aliphatic hydroxyl groups is 1. The molecule has 0 saturated heterocycles. The quantitative estimate of drug-likeness (QED) is 0.622. The number of nitrogens with zero attached hydrogens (tertiary/aromatic N) is 2. The van der Waals surface area contributed by atoms with Crippen LogP contribution in [0.2, 0.25) is 0 Å². The third-order valence-corrected chi connectivity index (χ3v) is 3.65. The summed E-state index contributed by atoms with van der Waals surface area (Å²) in [6, 6.07) is 7.96. The number of halogens is 3. The fourth-order valence-corrected chi connectivity index (χ4v) is 2.41. The van der Waals surface area contributed by atoms with Gasteiger partial charge in [-0.25, -0.2) is 4.79 Å². The minimum Gasteiger partial charge on any atom is -0.465 e. The summed E-state index contributed by atoms with van der Waals surface area (Å²) in [5.41, 5.74) is -1.86. The zero-order valence-corrected chi connectivity index (χ0v) is 14.1. The number of rotatable bonds is 5. The van der Waals surface area contributed by atoms with E-state index >= 15 is 0 Å². The van der Waals surface area contributed by atoms with Crippen LogP contribution in [-0.2, 0) is 9.53 Å². The molecule has 2 aromatic rings. The average molecular weight is 394 g/mol. The fraction of sp³-hybridized carbons (Fsp3) is 0.167. The molecular weight excluding hydrogens is 381 g/mol. The molecule has 146 valence electrons. The van der Waals surface area contributed by atoms with E-state index in [1.54, 1.807) is 0 Å². The van der Waals surface area contributed by atoms with E-state index in [-0.39, 0.29) is 30.2 Å². The van der Waals surface area contributed by atoms with Crippen LogP contribution in [0, 0.1) is 0 Å². The Balaban J connectivity index is 1.91. The number of hydrogen-bond donors (Lipinski definition) is 1. The van der Waals surface area contributed by atoms with Gasteiger partial charge in [0.2, 0.25) is 0 Å². The van der Waals surface area contributed by atoms with Gasteiger partial charge in [0.15, 0.2) is 5.71 Å². The maximum absolute atomic E-state index is 13.3. The first-order valence-electron chi connectivity index (χ1n) is 7.95. The normalized spacial score (nSPS) is 15.9. The van der Waals surface area contributed by atoms with Gasteiger partial charge < -0.3 is 14.3 Å². The van der Waals surface area contributed by atoms with E-state index in [0.29, 0.717) is 5.01 Å². The Labute approximate surface area is 156 Å². The van der Waals surface area contributed by atoms with Crippen molar-refractivity contribution in [1.82, 2.24) is 0 Å². The summed E-state index contributed by atoms with van der Waals surface area (Å²) < 4.78 is 49.7. The van der Waals surface area contributed by atoms with E-state index in [1.165, 1.54) is 42.7 Å². The molecule has 0 spiro atoms. The maximum atomic E-state index is 13.3. The lowest BCUT2D eigenvalue weighted by Crippen LogP contribution is -2.25. The predicted molar refractivity (Wildman–Crippen MR) is 91.5 cm³/mol. The molecule has 1 aliphatic heterocycles. The van der Waals surface area contributed by atoms with Gasteiger partial charge in [-0.2, -0.15) is 23.3 Å². The topological polar surface area (TPSA) is 92.3 Å². The van der Waals surface area contributed by atoms with Gasteiger partial charge in [-0.1, -0.05) is 0 Å². The monoisotopic (exact) mass is 394 g/mol. The number of alkyl halides is 3. The summed E-state index contributed by atoms with van der Waals surface area (Å²) in [7, 11) is 0. The van der Waals surface area contributed by atoms with Crippen LogP contribution in [0.15, 0.2) is 57.8 Å². The Bertz CT molecular complexity index is 931. The number of anilines is 1. The molecule has 2 heterocycles. The molecule has 0 radical (unpaired) electrons. The van der Waals surface area contributed by atoms with Crippen molar-refractivity contribution >= 4 is 29.4 Å². The van der Waals surface area contributed by atoms with Crippen LogP contribution in [0.25, 0.3) is 6.08 Å². The SMILES string of the molecule is O=C(OCCO)c1ccc(N2N=C(C(F)(F)F)/C(=C\c3ccco3)C2=O)cc1. The number of aliphatic hydroxyl groups excluding tert-OH is 1. The molecule has 10 heteroatoms. The van der Waals surface area contributed by atoms with Gasteiger partial charge in [-0.15, -0.1) is 0 Å². The number of carbonyl (C=O) groups excluding carboxylic acids is 2. The largest absolute Gasteiger partial charge is 0.465 e. The van der Waals surface area contributed by atoms with Crippen LogP contribution >= 0.6 is 0 Å². The first-order chi connectivity index (χ1) is 13.3. The standard InChI is InChI=1S/C18H13F3N2O5/c19-18(20,21)15-14(10-13-2-1-8-27-13)16(25)23(22-15)12-5-3-11(4-6-12)17(26)28-9-7-24/h1-6,8,10,24H,7,9H2/b14-10+. The Hall–Kier alpha value is -3.40. The number of hydrogen-bond acceptors (Lipinski definition) is 6. The van der Waals surface area contributed by atoms with Crippen molar-refractivity contribution < 1.29 is 37.0 Å². The molecule has 0 atom stereocenters. The van der Waals surface area contributed by atoms with Crippen molar-refractivity contribution in [3.05, 3.63) is 59.6 Å². The van der Waals surface area contributed by atoms with E-state index in [4.69, 9.17) is 14.3 Å². The lowest BCUT2D eigenvalue weighted by atomic mass is 10.1. The minimum atomic E-state index is -4.85. The number of hydrazone groups is 1. The molecule has 1 amide bonds. The number of ether oxygens (including phenoxy) is 1. The van der Waals surface area contributed by atoms with Gasteiger partial charge in [0.1, 0.15) is 12.4 Å². The summed E-state index contributed by atoms with van der Waals surface area (Å²) in [6.07, 6.45) is -2.62. The molecule has 28 heavy (non-hydrogen) atoms. The van der Waals surface area contributed by atoms with E-state index in [0.717, 1.165) is 6.08 Å². The second-order valence-electron chi connectivity index (χ2n) is 5.54. The lowest BCUT2D eigenvalue weighted by Gasteiger charge is -2.12. The van der Waals surface area contributed by atoms with Crippen molar-refractivity contribution in [3.8, 4) is 0 Å². The van der Waals surface area contributed by atoms with Crippen LogP contribution < -0.4 is 5.01 Å². The molecule has 0 fully saturated rings. The molecule has 1 aromatic heterocycles. The van der Waals surface area contributed by atoms with E-state index < -0.39 is 29.3 Å². The van der Waals surface area contributed by atoms with Gasteiger partial charge in [-0.05, 0) is 42.5 Å². The summed E-state index contributed by atoms with van der Waals surface area (Å²) in [5, 5.41) is 12.7. The summed E-state index contributed by atoms with van der Waals surface area (Å²) in [6.45, 7) is -0.531. The Morgan fingerprint density at radius 3 is 2.54 bits per heavy atom. The van der Waals surface area contributed by atoms with Crippen molar-refractivity contribution in [2.24, 2.45) is 5.10 Å². The highest BCUT2D eigenvalue weighted by atomic mass is 19.4. The van der Waals surface area contributed by atoms with Crippen LogP contribution in [0.3, 0.4) is 0 Å². The molecule has 0 bridgehead atoms. The van der Waals surface area contributed by atoms with E-state index in [2.05, 4.69) is 5.10 Å². The van der Waals surface area contributed by atoms with E-state index in [1.807, 2.05) is 0 Å². The first kappa shape index (κ1) is 19.4. The average Bonchev–Trinajstić information content (AvgIpc) is 3.28. The van der Waals surface area contributed by atoms with Crippen molar-refractivity contribution in [2.75, 3.05) is 18.2 Å². The maximum Gasteiger partial charge on any atom is 0.435 e. The zero-order chi connectivity index (χ0) is 20.3. The summed E-state index contributed by atoms with van der Waals surface area (Å²) in [4.78, 5) is 24.2. The van der Waals surface area contributed by atoms with Gasteiger partial charge >= 0.3 is 12.1 Å². The van der Waals surface area contributed by atoms with Crippen LogP contribution in [-0.4, -0.2) is 42.1 Å². The highest BCUT2D eigenvalue weighted by molar-refractivity contribution is 6.34. The number of amides is 1. The van der Waals surface area contributed by atoms with Gasteiger partial charge in [0.25, 0.3) is 5.91 Å². The van der Waals surface area contributed by atoms with Crippen molar-refractivity contribution in [3.63, 3.8) is 0 Å². The molecule has 0 saturated carbocycles. The molecule has 1 aliphatic rings. The molecule has 7 nitrogen and oxygen atoms in total. The molecule has 0 unspecified atom stereocenters. The third kappa shape index (κ3) is 3.96. The molecule has 3 rings (SSSR count). The number of carbonyl (C=O) groups is 2. The Kier molecular flexibility index (Phi) is 5.32. The van der Waals surface area contributed by atoms with Crippen LogP contribution in [0.4, 0.5) is 18.9 Å². The Morgan fingerprint density at radius 2 is 1.96 bits per heavy atom. The molecule has 1 aromatic carbocycles. The number of benzene rings is 1. The van der Waals surface area contributed by atoms with Crippen molar-refractivity contribution in [2.45, 2.75) is 6.18 Å². The predicted octanol–water partition coefficient (Wildman–Crippen LogP) is 2.78. The second kappa shape index (κ2) is 7.69. The highest BCUT2D eigenvalue weighted by Crippen LogP contribution is 2.32. The lowest BCUT2D eigenvalue weighted by molar-refractivity contribution is -0.114. The molecular formula is C18H13F3N2O5. The number of esters is 1. The fourth-order valence-electron chi connectivity index (χ4n) is 2.41. The number of furan rings is 1. The summed E-state index contributed by atoms with van der Waals surface area (Å²) >= 11 is 0. The molecule has 1 N–H and O–H groups in total. The van der Waals surface area contributed by atoms with Gasteiger partial charge in [-0.3, -0.25) is 4.79 Å². The highest BCUT2D eigenvalue weighted by Gasteiger charge is 2.47. The third-order valence-electron chi connectivity index (χ3n) is 3.65. The Morgan fingerprint density at radius 1 is 1.25 bits per heavy atom. The smallest absolute Gasteiger partial charge is 0.435 e. The van der Waals surface area contributed by atoms with Gasteiger partial charge in [0, 0.05) is 0 Å². The first-order valence-corrected chi connectivity index (χ1v) is 7.95. The van der Waals surface area contributed by atoms with Crippen LogP contribution in [0.1, 0.15) is 16.1 Å². The minimum absolute atomic E-state index is 0.0355. The summed E-state index contributed by atoms with van der Waals surface area (Å²) in [5.74, 6) is -1.63. The molecule has 0 aliphatic carbocycles. The zero-order valence-electron chi connectivity index (χ0n) is 14.1. The van der Waals surface area contributed by atoms with Gasteiger partial charge in [0.05, 0.1) is 29.7 Å². The van der Waals surface area contributed by atoms with Crippen LogP contribution in [0.5, 0.6) is 0 Å². The van der Waals surface area contributed by atoms with Crippen molar-refractivity contribution in [1.29, 1.82) is 0 Å². The second-order valence-corrected chi connectivity index (χ2v) is 5.54. The van der Waals surface area contributed by atoms with E-state index in [9.17, 15) is 22.8 Å².